The number of nitrogens with one attached hydrogen (secondary N) is 1. The van der Waals surface area contributed by atoms with Gasteiger partial charge in [0.2, 0.25) is 0 Å². The van der Waals surface area contributed by atoms with Gasteiger partial charge in [-0.2, -0.15) is 13.2 Å². The molecule has 0 spiro atoms. The minimum atomic E-state index is -4.40. The van der Waals surface area contributed by atoms with E-state index < -0.39 is 11.7 Å². The fraction of sp³-hybridized carbons (Fsp3) is 0.615. The lowest BCUT2D eigenvalue weighted by molar-refractivity contribution is -0.137. The Morgan fingerprint density at radius 3 is 2.68 bits per heavy atom. The number of hydrogen-bond acceptors (Lipinski definition) is 3. The second kappa shape index (κ2) is 5.77. The van der Waals surface area contributed by atoms with Crippen molar-refractivity contribution in [2.45, 2.75) is 50.4 Å². The molecular weight excluding hydrogens is 255 g/mol. The molecule has 0 aromatic carbocycles. The summed E-state index contributed by atoms with van der Waals surface area (Å²) in [5, 5.41) is 2.89. The van der Waals surface area contributed by atoms with E-state index in [2.05, 4.69) is 10.3 Å². The van der Waals surface area contributed by atoms with Crippen LogP contribution in [0.15, 0.2) is 18.3 Å². The van der Waals surface area contributed by atoms with Gasteiger partial charge in [-0.3, -0.25) is 0 Å². The SMILES string of the molecule is NC1CCCCCC1Nc1ncccc1C(F)(F)F. The van der Waals surface area contributed by atoms with E-state index in [0.29, 0.717) is 0 Å². The molecule has 0 bridgehead atoms. The van der Waals surface area contributed by atoms with Crippen LogP contribution in [0.5, 0.6) is 0 Å². The van der Waals surface area contributed by atoms with Crippen LogP contribution in [-0.4, -0.2) is 17.1 Å². The van der Waals surface area contributed by atoms with Crippen molar-refractivity contribution >= 4 is 5.82 Å². The minimum Gasteiger partial charge on any atom is -0.365 e. The van der Waals surface area contributed by atoms with E-state index in [1.165, 1.54) is 12.3 Å². The Kier molecular flexibility index (Phi) is 4.29. The van der Waals surface area contributed by atoms with Crippen molar-refractivity contribution in [3.8, 4) is 0 Å². The number of halogens is 3. The summed E-state index contributed by atoms with van der Waals surface area (Å²) < 4.78 is 38.6. The second-order valence-corrected chi connectivity index (χ2v) is 4.95. The summed E-state index contributed by atoms with van der Waals surface area (Å²) in [7, 11) is 0. The Balaban J connectivity index is 2.18. The summed E-state index contributed by atoms with van der Waals surface area (Å²) in [6.45, 7) is 0. The van der Waals surface area contributed by atoms with Crippen LogP contribution in [0.25, 0.3) is 0 Å². The molecule has 19 heavy (non-hydrogen) atoms. The molecule has 0 aliphatic heterocycles. The zero-order valence-electron chi connectivity index (χ0n) is 10.6. The van der Waals surface area contributed by atoms with Gasteiger partial charge >= 0.3 is 6.18 Å². The van der Waals surface area contributed by atoms with E-state index >= 15 is 0 Å². The number of aromatic nitrogens is 1. The van der Waals surface area contributed by atoms with Crippen molar-refractivity contribution in [3.05, 3.63) is 23.9 Å². The van der Waals surface area contributed by atoms with Gasteiger partial charge in [0.1, 0.15) is 5.82 Å². The Hall–Kier alpha value is -1.30. The van der Waals surface area contributed by atoms with Crippen LogP contribution in [0, 0.1) is 0 Å². The van der Waals surface area contributed by atoms with E-state index in [0.717, 1.165) is 38.2 Å². The number of rotatable bonds is 2. The zero-order valence-corrected chi connectivity index (χ0v) is 10.6. The lowest BCUT2D eigenvalue weighted by atomic mass is 10.0. The highest BCUT2D eigenvalue weighted by Crippen LogP contribution is 2.34. The first-order chi connectivity index (χ1) is 8.98. The van der Waals surface area contributed by atoms with E-state index in [9.17, 15) is 13.2 Å². The molecule has 1 aliphatic carbocycles. The Bertz CT molecular complexity index is 420. The van der Waals surface area contributed by atoms with Crippen molar-refractivity contribution in [1.82, 2.24) is 4.98 Å². The molecular formula is C13H18F3N3. The first-order valence-corrected chi connectivity index (χ1v) is 6.53. The molecule has 2 atom stereocenters. The van der Waals surface area contributed by atoms with Gasteiger partial charge in [-0.1, -0.05) is 19.3 Å². The van der Waals surface area contributed by atoms with Crippen LogP contribution in [0.1, 0.15) is 37.7 Å². The molecule has 6 heteroatoms. The van der Waals surface area contributed by atoms with Crippen molar-refractivity contribution in [1.29, 1.82) is 0 Å². The van der Waals surface area contributed by atoms with Crippen molar-refractivity contribution in [3.63, 3.8) is 0 Å². The quantitative estimate of drug-likeness (QED) is 0.814. The Morgan fingerprint density at radius 1 is 1.21 bits per heavy atom. The smallest absolute Gasteiger partial charge is 0.365 e. The van der Waals surface area contributed by atoms with Gasteiger partial charge in [-0.05, 0) is 25.0 Å². The molecule has 1 heterocycles. The molecule has 1 aromatic heterocycles. The topological polar surface area (TPSA) is 50.9 Å². The van der Waals surface area contributed by atoms with E-state index in [1.807, 2.05) is 0 Å². The van der Waals surface area contributed by atoms with Crippen molar-refractivity contribution in [2.24, 2.45) is 5.73 Å². The highest BCUT2D eigenvalue weighted by molar-refractivity contribution is 5.46. The largest absolute Gasteiger partial charge is 0.419 e. The zero-order chi connectivity index (χ0) is 13.9. The Labute approximate surface area is 110 Å². The third kappa shape index (κ3) is 3.59. The normalized spacial score (nSPS) is 24.8. The summed E-state index contributed by atoms with van der Waals surface area (Å²) in [4.78, 5) is 3.82. The standard InChI is InChI=1S/C13H18F3N3/c14-13(15,16)9-5-4-8-18-12(9)19-11-7-3-1-2-6-10(11)17/h4-5,8,10-11H,1-3,6-7,17H2,(H,18,19). The van der Waals surface area contributed by atoms with E-state index in [4.69, 9.17) is 5.73 Å². The van der Waals surface area contributed by atoms with Crippen LogP contribution in [0.4, 0.5) is 19.0 Å². The maximum atomic E-state index is 12.9. The summed E-state index contributed by atoms with van der Waals surface area (Å²) in [5.41, 5.74) is 5.28. The fourth-order valence-corrected chi connectivity index (χ4v) is 2.44. The fourth-order valence-electron chi connectivity index (χ4n) is 2.44. The molecule has 0 amide bonds. The molecule has 2 unspecified atom stereocenters. The summed E-state index contributed by atoms with van der Waals surface area (Å²) >= 11 is 0. The number of nitrogens with two attached hydrogens (primary N) is 1. The van der Waals surface area contributed by atoms with Crippen LogP contribution < -0.4 is 11.1 Å². The van der Waals surface area contributed by atoms with Crippen molar-refractivity contribution < 1.29 is 13.2 Å². The van der Waals surface area contributed by atoms with Crippen LogP contribution >= 0.6 is 0 Å². The lowest BCUT2D eigenvalue weighted by Gasteiger charge is -2.24. The monoisotopic (exact) mass is 273 g/mol. The summed E-state index contributed by atoms with van der Waals surface area (Å²) in [6, 6.07) is 2.07. The van der Waals surface area contributed by atoms with Gasteiger partial charge in [-0.25, -0.2) is 4.98 Å². The summed E-state index contributed by atoms with van der Waals surface area (Å²) in [5.74, 6) is -0.114. The van der Waals surface area contributed by atoms with Gasteiger partial charge in [-0.15, -0.1) is 0 Å². The minimum absolute atomic E-state index is 0.114. The highest BCUT2D eigenvalue weighted by Gasteiger charge is 2.35. The molecule has 1 aliphatic rings. The van der Waals surface area contributed by atoms with Gasteiger partial charge in [0.05, 0.1) is 5.56 Å². The van der Waals surface area contributed by atoms with E-state index in [-0.39, 0.29) is 17.9 Å². The first kappa shape index (κ1) is 14.1. The number of nitrogens with zero attached hydrogens (tertiary/aromatic N) is 1. The molecule has 0 radical (unpaired) electrons. The third-order valence-electron chi connectivity index (χ3n) is 3.50. The second-order valence-electron chi connectivity index (χ2n) is 4.95. The number of anilines is 1. The molecule has 1 saturated carbocycles. The number of alkyl halides is 3. The molecule has 3 N–H and O–H groups in total. The molecule has 2 rings (SSSR count). The first-order valence-electron chi connectivity index (χ1n) is 6.53. The molecule has 3 nitrogen and oxygen atoms in total. The average molecular weight is 273 g/mol. The predicted octanol–water partition coefficient (Wildman–Crippen LogP) is 3.17. The van der Waals surface area contributed by atoms with Crippen LogP contribution in [-0.2, 0) is 6.18 Å². The average Bonchev–Trinajstić information content (AvgIpc) is 2.54. The predicted molar refractivity (Wildman–Crippen MR) is 67.7 cm³/mol. The van der Waals surface area contributed by atoms with E-state index in [1.54, 1.807) is 0 Å². The van der Waals surface area contributed by atoms with Gasteiger partial charge in [0, 0.05) is 18.3 Å². The molecule has 0 saturated heterocycles. The van der Waals surface area contributed by atoms with Crippen LogP contribution in [0.2, 0.25) is 0 Å². The summed E-state index contributed by atoms with van der Waals surface area (Å²) in [6.07, 6.45) is 1.69. The maximum absolute atomic E-state index is 12.9. The van der Waals surface area contributed by atoms with Crippen LogP contribution in [0.3, 0.4) is 0 Å². The van der Waals surface area contributed by atoms with Gasteiger partial charge in [0.25, 0.3) is 0 Å². The number of hydrogen-bond donors (Lipinski definition) is 2. The van der Waals surface area contributed by atoms with Gasteiger partial charge in [0.15, 0.2) is 0 Å². The highest BCUT2D eigenvalue weighted by atomic mass is 19.4. The Morgan fingerprint density at radius 2 is 1.95 bits per heavy atom. The molecule has 1 fully saturated rings. The van der Waals surface area contributed by atoms with Gasteiger partial charge < -0.3 is 11.1 Å². The molecule has 1 aromatic rings. The number of pyridine rings is 1. The third-order valence-corrected chi connectivity index (χ3v) is 3.50. The van der Waals surface area contributed by atoms with Crippen molar-refractivity contribution in [2.75, 3.05) is 5.32 Å². The molecule has 106 valence electrons. The maximum Gasteiger partial charge on any atom is 0.419 e. The lowest BCUT2D eigenvalue weighted by Crippen LogP contribution is -2.40.